The van der Waals surface area contributed by atoms with E-state index in [1.54, 1.807) is 24.3 Å². The van der Waals surface area contributed by atoms with Gasteiger partial charge in [0.25, 0.3) is 0 Å². The molecule has 166 valence electrons. The summed E-state index contributed by atoms with van der Waals surface area (Å²) >= 11 is 6.15. The van der Waals surface area contributed by atoms with E-state index in [2.05, 4.69) is 15.5 Å². The summed E-state index contributed by atoms with van der Waals surface area (Å²) in [6, 6.07) is 13.0. The van der Waals surface area contributed by atoms with Gasteiger partial charge in [0.2, 0.25) is 5.88 Å². The fourth-order valence-electron chi connectivity index (χ4n) is 3.10. The number of hydrogen-bond acceptors (Lipinski definition) is 6. The minimum atomic E-state index is -4.48. The van der Waals surface area contributed by atoms with Gasteiger partial charge in [0.1, 0.15) is 11.6 Å². The van der Waals surface area contributed by atoms with E-state index in [0.29, 0.717) is 17.5 Å². The second kappa shape index (κ2) is 8.64. The van der Waals surface area contributed by atoms with E-state index in [9.17, 15) is 17.6 Å². The van der Waals surface area contributed by atoms with Gasteiger partial charge in [-0.3, -0.25) is 10.3 Å². The van der Waals surface area contributed by atoms with Crippen molar-refractivity contribution >= 4 is 17.4 Å². The first-order chi connectivity index (χ1) is 15.3. The van der Waals surface area contributed by atoms with E-state index >= 15 is 0 Å². The molecule has 1 N–H and O–H groups in total. The first kappa shape index (κ1) is 21.8. The summed E-state index contributed by atoms with van der Waals surface area (Å²) < 4.78 is 58.1. The smallest absolute Gasteiger partial charge is 0.417 e. The summed E-state index contributed by atoms with van der Waals surface area (Å²) in [4.78, 5) is 9.11. The summed E-state index contributed by atoms with van der Waals surface area (Å²) in [5.41, 5.74) is 2.69. The van der Waals surface area contributed by atoms with E-state index in [-0.39, 0.29) is 22.3 Å². The molecule has 1 aromatic heterocycles. The van der Waals surface area contributed by atoms with Gasteiger partial charge < -0.3 is 4.74 Å². The van der Waals surface area contributed by atoms with Crippen LogP contribution in [0.1, 0.15) is 22.9 Å². The Balaban J connectivity index is 1.56. The number of hydrogen-bond donors (Lipinski definition) is 1. The average Bonchev–Trinajstić information content (AvgIpc) is 3.17. The number of hydrazone groups is 1. The van der Waals surface area contributed by atoms with Gasteiger partial charge in [0.15, 0.2) is 12.0 Å². The van der Waals surface area contributed by atoms with Gasteiger partial charge >= 0.3 is 6.18 Å². The number of halogens is 5. The maximum atomic E-state index is 14.4. The number of hydroxylamine groups is 2. The zero-order valence-electron chi connectivity index (χ0n) is 16.4. The van der Waals surface area contributed by atoms with Gasteiger partial charge in [-0.2, -0.15) is 18.3 Å². The Hall–Kier alpha value is -3.37. The van der Waals surface area contributed by atoms with E-state index in [4.69, 9.17) is 21.2 Å². The van der Waals surface area contributed by atoms with Gasteiger partial charge in [-0.25, -0.2) is 14.4 Å². The maximum Gasteiger partial charge on any atom is 0.417 e. The molecule has 3 aromatic rings. The molecule has 1 unspecified atom stereocenters. The lowest BCUT2D eigenvalue weighted by Gasteiger charge is -2.25. The summed E-state index contributed by atoms with van der Waals surface area (Å²) in [5.74, 6) is -0.0965. The molecule has 2 heterocycles. The number of pyridine rings is 1. The van der Waals surface area contributed by atoms with Crippen LogP contribution in [0.3, 0.4) is 0 Å². The summed E-state index contributed by atoms with van der Waals surface area (Å²) in [7, 11) is 1.40. The number of amidine groups is 1. The molecule has 0 saturated heterocycles. The Bertz CT molecular complexity index is 1140. The molecular weight excluding hydrogens is 452 g/mol. The third kappa shape index (κ3) is 4.32. The minimum absolute atomic E-state index is 0.00629. The zero-order chi connectivity index (χ0) is 22.9. The van der Waals surface area contributed by atoms with Gasteiger partial charge in [-0.05, 0) is 30.3 Å². The molecule has 1 aliphatic heterocycles. The first-order valence-electron chi connectivity index (χ1n) is 9.20. The second-order valence-corrected chi connectivity index (χ2v) is 7.04. The van der Waals surface area contributed by atoms with Crippen molar-refractivity contribution in [3.63, 3.8) is 0 Å². The van der Waals surface area contributed by atoms with Crippen LogP contribution in [-0.4, -0.2) is 23.0 Å². The molecule has 2 aromatic carbocycles. The number of nitrogens with one attached hydrogen (secondary N) is 1. The quantitative estimate of drug-likeness (QED) is 0.502. The highest BCUT2D eigenvalue weighted by Crippen LogP contribution is 2.33. The van der Waals surface area contributed by atoms with Gasteiger partial charge in [-0.1, -0.05) is 29.8 Å². The third-order valence-electron chi connectivity index (χ3n) is 4.58. The van der Waals surface area contributed by atoms with E-state index in [0.717, 1.165) is 12.1 Å². The molecule has 0 amide bonds. The third-order valence-corrected chi connectivity index (χ3v) is 4.89. The predicted octanol–water partition coefficient (Wildman–Crippen LogP) is 5.51. The van der Waals surface area contributed by atoms with Crippen molar-refractivity contribution in [1.82, 2.24) is 15.5 Å². The summed E-state index contributed by atoms with van der Waals surface area (Å²) in [6.07, 6.45) is -4.43. The van der Waals surface area contributed by atoms with Crippen molar-refractivity contribution < 1.29 is 27.1 Å². The molecule has 1 atom stereocenters. The van der Waals surface area contributed by atoms with Crippen LogP contribution in [0.25, 0.3) is 0 Å². The number of rotatable bonds is 5. The van der Waals surface area contributed by atoms with E-state index in [1.807, 2.05) is 0 Å². The second-order valence-electron chi connectivity index (χ2n) is 6.63. The number of nitrogens with zero attached hydrogens (tertiary/aromatic N) is 3. The van der Waals surface area contributed by atoms with Crippen LogP contribution in [0.4, 0.5) is 17.6 Å². The molecule has 0 radical (unpaired) electrons. The Morgan fingerprint density at radius 1 is 1.09 bits per heavy atom. The molecule has 0 fully saturated rings. The number of alkyl halides is 3. The van der Waals surface area contributed by atoms with Crippen molar-refractivity contribution in [2.24, 2.45) is 5.10 Å². The monoisotopic (exact) mass is 466 g/mol. The summed E-state index contributed by atoms with van der Waals surface area (Å²) in [5, 5.41) is 5.68. The molecule has 0 spiro atoms. The number of benzene rings is 2. The van der Waals surface area contributed by atoms with Crippen molar-refractivity contribution in [3.05, 3.63) is 88.3 Å². The van der Waals surface area contributed by atoms with Gasteiger partial charge in [-0.15, -0.1) is 0 Å². The Morgan fingerprint density at radius 3 is 2.53 bits per heavy atom. The van der Waals surface area contributed by atoms with Crippen molar-refractivity contribution in [2.75, 3.05) is 7.11 Å². The zero-order valence-corrected chi connectivity index (χ0v) is 17.2. The van der Waals surface area contributed by atoms with E-state index in [1.165, 1.54) is 30.4 Å². The van der Waals surface area contributed by atoms with E-state index < -0.39 is 23.7 Å². The molecule has 1 aliphatic rings. The minimum Gasteiger partial charge on any atom is -0.439 e. The van der Waals surface area contributed by atoms with Crippen LogP contribution in [0.15, 0.2) is 65.9 Å². The lowest BCUT2D eigenvalue weighted by Crippen LogP contribution is -2.33. The van der Waals surface area contributed by atoms with Gasteiger partial charge in [0.05, 0.1) is 23.3 Å². The lowest BCUT2D eigenvalue weighted by molar-refractivity contribution is -0.137. The van der Waals surface area contributed by atoms with Crippen LogP contribution in [0.2, 0.25) is 5.02 Å². The van der Waals surface area contributed by atoms with Gasteiger partial charge in [0, 0.05) is 17.8 Å². The molecule has 4 rings (SSSR count). The Morgan fingerprint density at radius 2 is 1.88 bits per heavy atom. The average molecular weight is 467 g/mol. The highest BCUT2D eigenvalue weighted by atomic mass is 35.5. The molecule has 0 aliphatic carbocycles. The van der Waals surface area contributed by atoms with Crippen LogP contribution < -0.4 is 10.2 Å². The normalized spacial score (nSPS) is 16.0. The molecule has 11 heteroatoms. The number of aromatic nitrogens is 1. The fourth-order valence-corrected chi connectivity index (χ4v) is 3.35. The highest BCUT2D eigenvalue weighted by Gasteiger charge is 2.33. The van der Waals surface area contributed by atoms with Crippen molar-refractivity contribution in [1.29, 1.82) is 0 Å². The largest absolute Gasteiger partial charge is 0.439 e. The highest BCUT2D eigenvalue weighted by molar-refractivity contribution is 6.34. The maximum absolute atomic E-state index is 14.4. The first-order valence-corrected chi connectivity index (χ1v) is 9.57. The van der Waals surface area contributed by atoms with Crippen LogP contribution in [0, 0.1) is 5.82 Å². The molecular formula is C21H15ClF4N4O2. The fraction of sp³-hybridized carbons (Fsp3) is 0.143. The Kier molecular flexibility index (Phi) is 5.90. The standard InChI is InChI=1S/C21H15ClF4N4O2/c1-31-30-19(28-29-20(30)18-15(22)6-3-7-16(18)23)12-4-2-5-14(10-12)32-17-9-8-13(11-27-17)21(24,25)26/h2-11,19,28H,1H3. The summed E-state index contributed by atoms with van der Waals surface area (Å²) in [6.45, 7) is 0. The molecule has 6 nitrogen and oxygen atoms in total. The van der Waals surface area contributed by atoms with Crippen molar-refractivity contribution in [2.45, 2.75) is 12.3 Å². The van der Waals surface area contributed by atoms with Crippen molar-refractivity contribution in [3.8, 4) is 11.6 Å². The molecule has 0 saturated carbocycles. The topological polar surface area (TPSA) is 59.0 Å². The predicted molar refractivity (Wildman–Crippen MR) is 108 cm³/mol. The SMILES string of the molecule is CON1C(c2c(F)cccc2Cl)=NNC1c1cccc(Oc2ccc(C(F)(F)F)cn2)c1. The van der Waals surface area contributed by atoms with Crippen LogP contribution >= 0.6 is 11.6 Å². The number of ether oxygens (including phenoxy) is 1. The molecule has 32 heavy (non-hydrogen) atoms. The lowest BCUT2D eigenvalue weighted by atomic mass is 10.1. The molecule has 0 bridgehead atoms. The Labute approximate surface area is 185 Å². The van der Waals surface area contributed by atoms with Crippen LogP contribution in [-0.2, 0) is 11.0 Å². The van der Waals surface area contributed by atoms with Crippen LogP contribution in [0.5, 0.6) is 11.6 Å².